The number of hydrogen-bond donors (Lipinski definition) is 1. The standard InChI is InChI=1S/C23H33N3O3/c1-25-14-12-23(22(28)24-15-17-7-9-19(29-2)10-8-17)11-4-13-26(20(23)16-25)21(27)18-5-3-6-18/h7-10,18,20H,3-6,11-16H2,1-2H3,(H,24,28)/t20-,23+/m0/s1. The molecular formula is C23H33N3O3. The van der Waals surface area contributed by atoms with E-state index in [0.29, 0.717) is 6.54 Å². The number of carbonyl (C=O) groups is 2. The van der Waals surface area contributed by atoms with Gasteiger partial charge in [0.05, 0.1) is 18.6 Å². The molecule has 2 aliphatic heterocycles. The molecule has 2 atom stereocenters. The van der Waals surface area contributed by atoms with Gasteiger partial charge >= 0.3 is 0 Å². The van der Waals surface area contributed by atoms with Crippen molar-refractivity contribution in [3.05, 3.63) is 29.8 Å². The van der Waals surface area contributed by atoms with Crippen LogP contribution in [0.15, 0.2) is 24.3 Å². The van der Waals surface area contributed by atoms with E-state index >= 15 is 0 Å². The normalized spacial score (nSPS) is 27.7. The van der Waals surface area contributed by atoms with Gasteiger partial charge in [-0.3, -0.25) is 9.59 Å². The van der Waals surface area contributed by atoms with Gasteiger partial charge in [0.25, 0.3) is 0 Å². The first kappa shape index (κ1) is 20.2. The lowest BCUT2D eigenvalue weighted by atomic mass is 9.67. The number of hydrogen-bond acceptors (Lipinski definition) is 4. The van der Waals surface area contributed by atoms with Crippen LogP contribution in [0.2, 0.25) is 0 Å². The van der Waals surface area contributed by atoms with Crippen LogP contribution in [0.3, 0.4) is 0 Å². The van der Waals surface area contributed by atoms with Crippen molar-refractivity contribution in [3.63, 3.8) is 0 Å². The molecule has 1 aromatic carbocycles. The molecule has 29 heavy (non-hydrogen) atoms. The first-order chi connectivity index (χ1) is 14.0. The lowest BCUT2D eigenvalue weighted by Gasteiger charge is -2.54. The van der Waals surface area contributed by atoms with E-state index in [1.807, 2.05) is 24.3 Å². The maximum absolute atomic E-state index is 13.5. The van der Waals surface area contributed by atoms with E-state index in [1.165, 1.54) is 0 Å². The molecule has 4 rings (SSSR count). The molecule has 6 heteroatoms. The molecule has 0 spiro atoms. The van der Waals surface area contributed by atoms with Crippen molar-refractivity contribution >= 4 is 11.8 Å². The van der Waals surface area contributed by atoms with E-state index in [-0.39, 0.29) is 23.8 Å². The van der Waals surface area contributed by atoms with E-state index in [2.05, 4.69) is 22.2 Å². The van der Waals surface area contributed by atoms with Crippen LogP contribution < -0.4 is 10.1 Å². The number of rotatable bonds is 5. The third kappa shape index (κ3) is 3.87. The summed E-state index contributed by atoms with van der Waals surface area (Å²) in [6, 6.07) is 7.78. The third-order valence-corrected chi connectivity index (χ3v) is 7.26. The summed E-state index contributed by atoms with van der Waals surface area (Å²) in [7, 11) is 3.75. The van der Waals surface area contributed by atoms with Gasteiger partial charge in [0, 0.05) is 25.6 Å². The first-order valence-corrected chi connectivity index (χ1v) is 10.9. The minimum Gasteiger partial charge on any atom is -0.497 e. The topological polar surface area (TPSA) is 61.9 Å². The van der Waals surface area contributed by atoms with E-state index in [0.717, 1.165) is 69.5 Å². The fourth-order valence-electron chi connectivity index (χ4n) is 5.16. The first-order valence-electron chi connectivity index (χ1n) is 10.9. The Bertz CT molecular complexity index is 746. The minimum absolute atomic E-state index is 0.0148. The Morgan fingerprint density at radius 1 is 1.14 bits per heavy atom. The molecule has 0 bridgehead atoms. The molecule has 2 saturated heterocycles. The maximum Gasteiger partial charge on any atom is 0.228 e. The van der Waals surface area contributed by atoms with E-state index < -0.39 is 5.41 Å². The molecule has 0 radical (unpaired) electrons. The monoisotopic (exact) mass is 399 g/mol. The minimum atomic E-state index is -0.462. The fraction of sp³-hybridized carbons (Fsp3) is 0.652. The summed E-state index contributed by atoms with van der Waals surface area (Å²) in [6.07, 6.45) is 5.77. The van der Waals surface area contributed by atoms with Crippen LogP contribution in [0, 0.1) is 11.3 Å². The molecule has 158 valence electrons. The van der Waals surface area contributed by atoms with Crippen molar-refractivity contribution in [1.82, 2.24) is 15.1 Å². The maximum atomic E-state index is 13.5. The number of likely N-dealkylation sites (N-methyl/N-ethyl adjacent to an activating group) is 1. The van der Waals surface area contributed by atoms with E-state index in [1.54, 1.807) is 7.11 Å². The summed E-state index contributed by atoms with van der Waals surface area (Å²) in [4.78, 5) is 30.9. The summed E-state index contributed by atoms with van der Waals surface area (Å²) >= 11 is 0. The van der Waals surface area contributed by atoms with Crippen LogP contribution in [0.1, 0.15) is 44.1 Å². The molecule has 2 heterocycles. The van der Waals surface area contributed by atoms with Crippen LogP contribution in [-0.4, -0.2) is 61.4 Å². The Morgan fingerprint density at radius 2 is 1.90 bits per heavy atom. The highest BCUT2D eigenvalue weighted by atomic mass is 16.5. The summed E-state index contributed by atoms with van der Waals surface area (Å²) in [5.41, 5.74) is 0.592. The molecule has 1 saturated carbocycles. The quantitative estimate of drug-likeness (QED) is 0.826. The molecule has 3 aliphatic rings. The lowest BCUT2D eigenvalue weighted by molar-refractivity contribution is -0.158. The van der Waals surface area contributed by atoms with Gasteiger partial charge in [-0.15, -0.1) is 0 Å². The number of methoxy groups -OCH3 is 1. The number of nitrogens with zero attached hydrogens (tertiary/aromatic N) is 2. The Kier molecular flexibility index (Phi) is 5.81. The summed E-state index contributed by atoms with van der Waals surface area (Å²) < 4.78 is 5.21. The van der Waals surface area contributed by atoms with Crippen molar-refractivity contribution in [2.75, 3.05) is 33.8 Å². The lowest BCUT2D eigenvalue weighted by Crippen LogP contribution is -2.67. The number of carbonyl (C=O) groups excluding carboxylic acids is 2. The predicted molar refractivity (Wildman–Crippen MR) is 111 cm³/mol. The zero-order chi connectivity index (χ0) is 20.4. The van der Waals surface area contributed by atoms with E-state index in [4.69, 9.17) is 4.74 Å². The fourth-order valence-corrected chi connectivity index (χ4v) is 5.16. The summed E-state index contributed by atoms with van der Waals surface area (Å²) in [5, 5.41) is 3.19. The average Bonchev–Trinajstić information content (AvgIpc) is 2.70. The van der Waals surface area contributed by atoms with Gasteiger partial charge in [0.15, 0.2) is 0 Å². The molecule has 1 aliphatic carbocycles. The number of amides is 2. The van der Waals surface area contributed by atoms with E-state index in [9.17, 15) is 9.59 Å². The molecule has 0 unspecified atom stereocenters. The van der Waals surface area contributed by atoms with Gasteiger partial charge in [0.2, 0.25) is 11.8 Å². The van der Waals surface area contributed by atoms with Gasteiger partial charge in [-0.2, -0.15) is 0 Å². The van der Waals surface area contributed by atoms with Crippen LogP contribution >= 0.6 is 0 Å². The Hall–Kier alpha value is -2.08. The van der Waals surface area contributed by atoms with Crippen LogP contribution in [0.5, 0.6) is 5.75 Å². The number of piperidine rings is 2. The number of ether oxygens (including phenoxy) is 1. The van der Waals surface area contributed by atoms with Crippen molar-refractivity contribution in [1.29, 1.82) is 0 Å². The van der Waals surface area contributed by atoms with Gasteiger partial charge in [0.1, 0.15) is 5.75 Å². The van der Waals surface area contributed by atoms with Crippen molar-refractivity contribution in [2.24, 2.45) is 11.3 Å². The molecule has 1 N–H and O–H groups in total. The van der Waals surface area contributed by atoms with Crippen LogP contribution in [-0.2, 0) is 16.1 Å². The highest BCUT2D eigenvalue weighted by Crippen LogP contribution is 2.44. The zero-order valence-electron chi connectivity index (χ0n) is 17.7. The number of fused-ring (bicyclic) bond motifs is 1. The average molecular weight is 400 g/mol. The highest BCUT2D eigenvalue weighted by molar-refractivity contribution is 5.86. The van der Waals surface area contributed by atoms with Crippen LogP contribution in [0.25, 0.3) is 0 Å². The van der Waals surface area contributed by atoms with Crippen LogP contribution in [0.4, 0.5) is 0 Å². The smallest absolute Gasteiger partial charge is 0.228 e. The van der Waals surface area contributed by atoms with Crippen molar-refractivity contribution in [2.45, 2.75) is 51.1 Å². The Morgan fingerprint density at radius 3 is 2.55 bits per heavy atom. The van der Waals surface area contributed by atoms with Gasteiger partial charge in [-0.05, 0) is 63.4 Å². The molecule has 2 amide bonds. The highest BCUT2D eigenvalue weighted by Gasteiger charge is 2.54. The Balaban J connectivity index is 1.50. The molecule has 0 aromatic heterocycles. The van der Waals surface area contributed by atoms with Gasteiger partial charge in [-0.25, -0.2) is 0 Å². The van der Waals surface area contributed by atoms with Crippen molar-refractivity contribution < 1.29 is 14.3 Å². The predicted octanol–water partition coefficient (Wildman–Crippen LogP) is 2.42. The number of benzene rings is 1. The molecule has 6 nitrogen and oxygen atoms in total. The third-order valence-electron chi connectivity index (χ3n) is 7.26. The molecule has 3 fully saturated rings. The second kappa shape index (κ2) is 8.34. The number of nitrogens with one attached hydrogen (secondary N) is 1. The largest absolute Gasteiger partial charge is 0.497 e. The summed E-state index contributed by atoms with van der Waals surface area (Å²) in [5.74, 6) is 1.38. The number of likely N-dealkylation sites (tertiary alicyclic amines) is 2. The van der Waals surface area contributed by atoms with Crippen molar-refractivity contribution in [3.8, 4) is 5.75 Å². The Labute approximate surface area is 173 Å². The second-order valence-electron chi connectivity index (χ2n) is 8.98. The van der Waals surface area contributed by atoms with Gasteiger partial charge in [-0.1, -0.05) is 18.6 Å². The molecular weight excluding hydrogens is 366 g/mol. The molecule has 1 aromatic rings. The zero-order valence-corrected chi connectivity index (χ0v) is 17.7. The van der Waals surface area contributed by atoms with Gasteiger partial charge < -0.3 is 19.9 Å². The second-order valence-corrected chi connectivity index (χ2v) is 8.98. The summed E-state index contributed by atoms with van der Waals surface area (Å²) in [6.45, 7) is 2.98. The SMILES string of the molecule is COc1ccc(CNC(=O)[C@@]23CCCN(C(=O)C4CCC4)[C@H]2CN(C)CC3)cc1.